The molecular weight excluding hydrogens is 292 g/mol. The fourth-order valence-electron chi connectivity index (χ4n) is 2.47. The molecule has 18 heavy (non-hydrogen) atoms. The van der Waals surface area contributed by atoms with Gasteiger partial charge >= 0.3 is 0 Å². The van der Waals surface area contributed by atoms with Crippen LogP contribution in [0.3, 0.4) is 0 Å². The number of rotatable bonds is 2. The third-order valence-corrected chi connectivity index (χ3v) is 4.01. The Morgan fingerprint density at radius 2 is 2.06 bits per heavy atom. The van der Waals surface area contributed by atoms with E-state index in [0.29, 0.717) is 6.54 Å². The number of β-amino-alcohol motifs (C(OH)–C–C–N with tert-alkyl or cyclic N) is 1. The molecule has 0 bridgehead atoms. The lowest BCUT2D eigenvalue weighted by Gasteiger charge is -2.10. The van der Waals surface area contributed by atoms with E-state index in [9.17, 15) is 5.11 Å². The molecule has 0 amide bonds. The Kier molecular flexibility index (Phi) is 3.33. The second-order valence-corrected chi connectivity index (χ2v) is 5.72. The van der Waals surface area contributed by atoms with Gasteiger partial charge in [-0.1, -0.05) is 28.1 Å². The zero-order chi connectivity index (χ0) is 12.5. The molecule has 2 atom stereocenters. The lowest BCUT2D eigenvalue weighted by molar-refractivity contribution is 0.195. The van der Waals surface area contributed by atoms with Gasteiger partial charge in [-0.3, -0.25) is 4.99 Å². The Bertz CT molecular complexity index is 507. The third-order valence-electron chi connectivity index (χ3n) is 3.48. The molecule has 2 aliphatic rings. The zero-order valence-electron chi connectivity index (χ0n) is 9.94. The van der Waals surface area contributed by atoms with Gasteiger partial charge in [-0.2, -0.15) is 0 Å². The Balaban J connectivity index is 1.68. The molecule has 0 saturated carbocycles. The molecule has 2 unspecified atom stereocenters. The summed E-state index contributed by atoms with van der Waals surface area (Å²) in [5, 5.41) is 12.8. The fourth-order valence-corrected chi connectivity index (χ4v) is 2.74. The van der Waals surface area contributed by atoms with E-state index in [2.05, 4.69) is 38.4 Å². The predicted octanol–water partition coefficient (Wildman–Crippen LogP) is 2.36. The second kappa shape index (κ2) is 4.96. The molecule has 2 aliphatic heterocycles. The molecule has 2 heterocycles. The van der Waals surface area contributed by atoms with Crippen LogP contribution in [0, 0.1) is 0 Å². The third kappa shape index (κ3) is 2.41. The van der Waals surface area contributed by atoms with E-state index >= 15 is 0 Å². The largest absolute Gasteiger partial charge is 0.392 e. The summed E-state index contributed by atoms with van der Waals surface area (Å²) in [5.41, 5.74) is 3.61. The van der Waals surface area contributed by atoms with E-state index in [-0.39, 0.29) is 12.1 Å². The van der Waals surface area contributed by atoms with Crippen molar-refractivity contribution in [2.75, 3.05) is 6.54 Å². The molecule has 0 spiro atoms. The van der Waals surface area contributed by atoms with Crippen molar-refractivity contribution >= 4 is 27.2 Å². The van der Waals surface area contributed by atoms with E-state index in [0.717, 1.165) is 23.0 Å². The lowest BCUT2D eigenvalue weighted by atomic mass is 9.99. The van der Waals surface area contributed by atoms with Gasteiger partial charge in [0.25, 0.3) is 0 Å². The summed E-state index contributed by atoms with van der Waals surface area (Å²) in [4.78, 5) is 4.50. The standard InChI is InChI=1S/C14H15BrN2O/c15-11-3-1-9(2-4-11)10-5-13(16-7-10)14-6-12(18)8-17-14/h1-4,7,12,14,17-18H,5-6,8H2. The predicted molar refractivity (Wildman–Crippen MR) is 76.6 cm³/mol. The van der Waals surface area contributed by atoms with Crippen LogP contribution in [0.5, 0.6) is 0 Å². The number of hydrogen-bond acceptors (Lipinski definition) is 3. The van der Waals surface area contributed by atoms with Crippen LogP contribution < -0.4 is 5.32 Å². The molecule has 94 valence electrons. The van der Waals surface area contributed by atoms with Gasteiger partial charge < -0.3 is 10.4 Å². The van der Waals surface area contributed by atoms with Crippen molar-refractivity contribution in [3.63, 3.8) is 0 Å². The van der Waals surface area contributed by atoms with Gasteiger partial charge in [-0.15, -0.1) is 0 Å². The molecule has 1 aromatic rings. The summed E-state index contributed by atoms with van der Waals surface area (Å²) in [5.74, 6) is 0. The van der Waals surface area contributed by atoms with Gasteiger partial charge in [-0.05, 0) is 29.7 Å². The molecule has 0 aromatic heterocycles. The van der Waals surface area contributed by atoms with Crippen molar-refractivity contribution in [3.05, 3.63) is 40.5 Å². The maximum atomic E-state index is 9.53. The average molecular weight is 307 g/mol. The summed E-state index contributed by atoms with van der Waals surface area (Å²) >= 11 is 3.44. The molecule has 4 heteroatoms. The first-order valence-electron chi connectivity index (χ1n) is 6.15. The molecular formula is C14H15BrN2O. The molecule has 0 aliphatic carbocycles. The first-order valence-corrected chi connectivity index (χ1v) is 6.94. The summed E-state index contributed by atoms with van der Waals surface area (Å²) < 4.78 is 1.09. The number of aliphatic imine (C=N–C) groups is 1. The van der Waals surface area contributed by atoms with E-state index in [1.165, 1.54) is 11.1 Å². The van der Waals surface area contributed by atoms with Gasteiger partial charge in [0, 0.05) is 35.4 Å². The Morgan fingerprint density at radius 1 is 1.28 bits per heavy atom. The summed E-state index contributed by atoms with van der Waals surface area (Å²) in [6.45, 7) is 0.678. The first-order chi connectivity index (χ1) is 8.72. The minimum Gasteiger partial charge on any atom is -0.392 e. The van der Waals surface area contributed by atoms with Gasteiger partial charge in [0.1, 0.15) is 0 Å². The minimum absolute atomic E-state index is 0.227. The molecule has 0 radical (unpaired) electrons. The highest BCUT2D eigenvalue weighted by Gasteiger charge is 2.28. The number of benzene rings is 1. The summed E-state index contributed by atoms with van der Waals surface area (Å²) in [6.07, 6.45) is 3.38. The number of allylic oxidation sites excluding steroid dienone is 1. The molecule has 1 saturated heterocycles. The van der Waals surface area contributed by atoms with E-state index in [4.69, 9.17) is 0 Å². The van der Waals surface area contributed by atoms with Crippen LogP contribution in [0.15, 0.2) is 39.9 Å². The van der Waals surface area contributed by atoms with Gasteiger partial charge in [0.05, 0.1) is 6.10 Å². The maximum Gasteiger partial charge on any atom is 0.0683 e. The molecule has 1 fully saturated rings. The average Bonchev–Trinajstić information content (AvgIpc) is 2.98. The number of nitrogens with one attached hydrogen (secondary N) is 1. The van der Waals surface area contributed by atoms with Crippen molar-refractivity contribution in [1.82, 2.24) is 5.32 Å². The molecule has 1 aromatic carbocycles. The van der Waals surface area contributed by atoms with Gasteiger partial charge in [-0.25, -0.2) is 0 Å². The second-order valence-electron chi connectivity index (χ2n) is 4.81. The van der Waals surface area contributed by atoms with Crippen molar-refractivity contribution in [2.45, 2.75) is 25.0 Å². The van der Waals surface area contributed by atoms with Crippen molar-refractivity contribution in [2.24, 2.45) is 4.99 Å². The zero-order valence-corrected chi connectivity index (χ0v) is 11.5. The van der Waals surface area contributed by atoms with E-state index in [1.807, 2.05) is 18.3 Å². The summed E-state index contributed by atoms with van der Waals surface area (Å²) in [7, 11) is 0. The van der Waals surface area contributed by atoms with Gasteiger partial charge in [0.2, 0.25) is 0 Å². The van der Waals surface area contributed by atoms with Gasteiger partial charge in [0.15, 0.2) is 0 Å². The molecule has 3 nitrogen and oxygen atoms in total. The maximum absolute atomic E-state index is 9.53. The number of hydrogen-bond donors (Lipinski definition) is 2. The highest BCUT2D eigenvalue weighted by atomic mass is 79.9. The number of halogens is 1. The van der Waals surface area contributed by atoms with Crippen LogP contribution >= 0.6 is 15.9 Å². The normalized spacial score (nSPS) is 27.2. The highest BCUT2D eigenvalue weighted by molar-refractivity contribution is 9.10. The topological polar surface area (TPSA) is 44.6 Å². The van der Waals surface area contributed by atoms with E-state index < -0.39 is 0 Å². The number of nitrogens with zero attached hydrogens (tertiary/aromatic N) is 1. The van der Waals surface area contributed by atoms with Crippen molar-refractivity contribution in [1.29, 1.82) is 0 Å². The molecule has 3 rings (SSSR count). The summed E-state index contributed by atoms with van der Waals surface area (Å²) in [6, 6.07) is 8.54. The number of aliphatic hydroxyl groups is 1. The van der Waals surface area contributed by atoms with Crippen molar-refractivity contribution < 1.29 is 5.11 Å². The SMILES string of the molecule is OC1CNC(C2=NC=C(c3ccc(Br)cc3)C2)C1. The highest BCUT2D eigenvalue weighted by Crippen LogP contribution is 2.27. The Hall–Kier alpha value is -0.970. The quantitative estimate of drug-likeness (QED) is 0.881. The Morgan fingerprint density at radius 3 is 2.72 bits per heavy atom. The monoisotopic (exact) mass is 306 g/mol. The Labute approximate surface area is 115 Å². The van der Waals surface area contributed by atoms with Crippen LogP contribution in [0.4, 0.5) is 0 Å². The minimum atomic E-state index is -0.227. The van der Waals surface area contributed by atoms with E-state index in [1.54, 1.807) is 0 Å². The molecule has 2 N–H and O–H groups in total. The number of aliphatic hydroxyl groups excluding tert-OH is 1. The van der Waals surface area contributed by atoms with Crippen LogP contribution in [-0.4, -0.2) is 29.5 Å². The smallest absolute Gasteiger partial charge is 0.0683 e. The first kappa shape index (κ1) is 12.1. The fraction of sp³-hybridized carbons (Fsp3) is 0.357. The van der Waals surface area contributed by atoms with Crippen LogP contribution in [0.1, 0.15) is 18.4 Å². The van der Waals surface area contributed by atoms with Crippen LogP contribution in [0.2, 0.25) is 0 Å². The van der Waals surface area contributed by atoms with Crippen LogP contribution in [0.25, 0.3) is 5.57 Å². The van der Waals surface area contributed by atoms with Crippen LogP contribution in [-0.2, 0) is 0 Å². The van der Waals surface area contributed by atoms with Crippen molar-refractivity contribution in [3.8, 4) is 0 Å². The lowest BCUT2D eigenvalue weighted by Crippen LogP contribution is -2.29.